The van der Waals surface area contributed by atoms with Gasteiger partial charge in [-0.25, -0.2) is 4.79 Å². The zero-order valence-electron chi connectivity index (χ0n) is 11.5. The molecule has 9 heteroatoms. The van der Waals surface area contributed by atoms with E-state index in [1.54, 1.807) is 0 Å². The van der Waals surface area contributed by atoms with Crippen molar-refractivity contribution >= 4 is 22.4 Å². The van der Waals surface area contributed by atoms with E-state index in [2.05, 4.69) is 13.2 Å². The number of benzene rings is 1. The highest BCUT2D eigenvalue weighted by atomic mass is 16.6. The molecule has 1 aromatic carbocycles. The largest absolute Gasteiger partial charge is 0.348 e. The summed E-state index contributed by atoms with van der Waals surface area (Å²) < 4.78 is 2.53. The molecule has 0 saturated carbocycles. The number of rotatable bonds is 6. The van der Waals surface area contributed by atoms with Gasteiger partial charge in [0, 0.05) is 25.2 Å². The molecule has 0 fully saturated rings. The predicted octanol–water partition coefficient (Wildman–Crippen LogP) is 1.99. The number of allylic oxidation sites excluding steroid dienone is 2. The first-order chi connectivity index (χ1) is 10.4. The van der Waals surface area contributed by atoms with E-state index in [9.17, 15) is 25.0 Å². The van der Waals surface area contributed by atoms with Gasteiger partial charge in [-0.3, -0.25) is 29.4 Å². The fourth-order valence-corrected chi connectivity index (χ4v) is 2.24. The van der Waals surface area contributed by atoms with Crippen LogP contribution in [0.2, 0.25) is 0 Å². The minimum atomic E-state index is -0.842. The fraction of sp³-hybridized carbons (Fsp3) is 0.154. The van der Waals surface area contributed by atoms with Gasteiger partial charge in [-0.05, 0) is 0 Å². The number of fused-ring (bicyclic) bond motifs is 1. The normalized spacial score (nSPS) is 10.5. The van der Waals surface area contributed by atoms with Crippen molar-refractivity contribution in [1.29, 1.82) is 0 Å². The lowest BCUT2D eigenvalue weighted by Gasteiger charge is -2.00. The first-order valence-electron chi connectivity index (χ1n) is 6.20. The van der Waals surface area contributed by atoms with Crippen molar-refractivity contribution in [3.05, 3.63) is 68.2 Å². The van der Waals surface area contributed by atoms with Crippen LogP contribution in [0.4, 0.5) is 11.4 Å². The first-order valence-corrected chi connectivity index (χ1v) is 6.20. The summed E-state index contributed by atoms with van der Waals surface area (Å²) in [6.07, 6.45) is 2.93. The number of imidazole rings is 1. The number of hydrogen-bond donors (Lipinski definition) is 0. The average molecular weight is 304 g/mol. The lowest BCUT2D eigenvalue weighted by Crippen LogP contribution is -2.23. The quantitative estimate of drug-likeness (QED) is 0.460. The number of nitrogens with zero attached hydrogens (tertiary/aromatic N) is 4. The Labute approximate surface area is 123 Å². The zero-order valence-corrected chi connectivity index (χ0v) is 11.5. The molecule has 0 aliphatic heterocycles. The molecule has 2 aromatic rings. The SMILES string of the molecule is C=CCn1c(=O)n(CC=C)c2cc([N+](=O)[O-])c([N+](=O)[O-])cc21. The number of nitro benzene ring substituents is 2. The minimum Gasteiger partial charge on any atom is -0.288 e. The molecule has 1 aromatic heterocycles. The maximum absolute atomic E-state index is 12.3. The van der Waals surface area contributed by atoms with Crippen LogP contribution in [0.15, 0.2) is 42.2 Å². The Balaban J connectivity index is 2.96. The van der Waals surface area contributed by atoms with Crippen LogP contribution in [0.25, 0.3) is 11.0 Å². The lowest BCUT2D eigenvalue weighted by atomic mass is 10.2. The summed E-state index contributed by atoms with van der Waals surface area (Å²) in [7, 11) is 0. The average Bonchev–Trinajstić information content (AvgIpc) is 2.72. The second-order valence-electron chi connectivity index (χ2n) is 4.42. The smallest absolute Gasteiger partial charge is 0.288 e. The van der Waals surface area contributed by atoms with Crippen LogP contribution in [0.5, 0.6) is 0 Å². The summed E-state index contributed by atoms with van der Waals surface area (Å²) in [6.45, 7) is 7.33. The molecule has 0 spiro atoms. The second-order valence-corrected chi connectivity index (χ2v) is 4.42. The van der Waals surface area contributed by atoms with Gasteiger partial charge in [-0.15, -0.1) is 13.2 Å². The maximum Gasteiger partial charge on any atom is 0.348 e. The Morgan fingerprint density at radius 1 is 0.955 bits per heavy atom. The van der Waals surface area contributed by atoms with E-state index in [1.807, 2.05) is 0 Å². The summed E-state index contributed by atoms with van der Waals surface area (Å²) in [5.41, 5.74) is -1.28. The topological polar surface area (TPSA) is 113 Å². The lowest BCUT2D eigenvalue weighted by molar-refractivity contribution is -0.422. The third-order valence-corrected chi connectivity index (χ3v) is 3.13. The fourth-order valence-electron chi connectivity index (χ4n) is 2.24. The van der Waals surface area contributed by atoms with Gasteiger partial charge in [0.25, 0.3) is 0 Å². The number of nitro groups is 2. The second kappa shape index (κ2) is 5.64. The monoisotopic (exact) mass is 304 g/mol. The van der Waals surface area contributed by atoms with Crippen molar-refractivity contribution in [2.24, 2.45) is 0 Å². The highest BCUT2D eigenvalue weighted by Gasteiger charge is 2.28. The van der Waals surface area contributed by atoms with Gasteiger partial charge < -0.3 is 0 Å². The van der Waals surface area contributed by atoms with E-state index in [-0.39, 0.29) is 24.1 Å². The van der Waals surface area contributed by atoms with Crippen molar-refractivity contribution in [2.75, 3.05) is 0 Å². The van der Waals surface area contributed by atoms with E-state index in [1.165, 1.54) is 21.3 Å². The van der Waals surface area contributed by atoms with E-state index < -0.39 is 26.9 Å². The van der Waals surface area contributed by atoms with Crippen LogP contribution >= 0.6 is 0 Å². The summed E-state index contributed by atoms with van der Waals surface area (Å²) in [6, 6.07) is 2.08. The molecule has 22 heavy (non-hydrogen) atoms. The van der Waals surface area contributed by atoms with Crippen molar-refractivity contribution in [3.8, 4) is 0 Å². The van der Waals surface area contributed by atoms with E-state index in [0.29, 0.717) is 0 Å². The molecule has 0 N–H and O–H groups in total. The van der Waals surface area contributed by atoms with Crippen molar-refractivity contribution in [1.82, 2.24) is 9.13 Å². The molecule has 2 rings (SSSR count). The van der Waals surface area contributed by atoms with E-state index in [0.717, 1.165) is 12.1 Å². The molecule has 0 aliphatic carbocycles. The van der Waals surface area contributed by atoms with Crippen molar-refractivity contribution in [3.63, 3.8) is 0 Å². The summed E-state index contributed by atoms with van der Waals surface area (Å²) in [5, 5.41) is 22.1. The molecular formula is C13H12N4O5. The Bertz CT molecular complexity index is 793. The van der Waals surface area contributed by atoms with Gasteiger partial charge >= 0.3 is 17.1 Å². The summed E-state index contributed by atoms with van der Waals surface area (Å²) >= 11 is 0. The van der Waals surface area contributed by atoms with E-state index in [4.69, 9.17) is 0 Å². The molecular weight excluding hydrogens is 292 g/mol. The minimum absolute atomic E-state index is 0.133. The zero-order chi connectivity index (χ0) is 16.4. The van der Waals surface area contributed by atoms with Crippen molar-refractivity contribution < 1.29 is 9.85 Å². The highest BCUT2D eigenvalue weighted by molar-refractivity contribution is 5.83. The molecule has 0 amide bonds. The molecule has 0 saturated heterocycles. The first kappa shape index (κ1) is 15.2. The molecule has 114 valence electrons. The molecule has 0 bridgehead atoms. The molecule has 0 unspecified atom stereocenters. The summed E-state index contributed by atoms with van der Waals surface area (Å²) in [4.78, 5) is 32.7. The molecule has 0 radical (unpaired) electrons. The van der Waals surface area contributed by atoms with Gasteiger partial charge in [0.1, 0.15) is 0 Å². The third-order valence-electron chi connectivity index (χ3n) is 3.13. The van der Waals surface area contributed by atoms with Crippen LogP contribution in [0, 0.1) is 20.2 Å². The van der Waals surface area contributed by atoms with Gasteiger partial charge in [0.05, 0.1) is 20.9 Å². The summed E-state index contributed by atoms with van der Waals surface area (Å²) in [5.74, 6) is 0. The van der Waals surface area contributed by atoms with Crippen molar-refractivity contribution in [2.45, 2.75) is 13.1 Å². The molecule has 9 nitrogen and oxygen atoms in total. The standard InChI is InChI=1S/C13H12N4O5/c1-3-5-14-9-7-11(16(19)20)12(17(21)22)8-10(9)15(6-4-2)13(14)18/h3-4,7-8H,1-2,5-6H2. The van der Waals surface area contributed by atoms with Crippen LogP contribution < -0.4 is 5.69 Å². The van der Waals surface area contributed by atoms with Gasteiger partial charge in [-0.2, -0.15) is 0 Å². The number of aromatic nitrogens is 2. The van der Waals surface area contributed by atoms with Gasteiger partial charge in [0.15, 0.2) is 0 Å². The van der Waals surface area contributed by atoms with Crippen LogP contribution in [0.1, 0.15) is 0 Å². The maximum atomic E-state index is 12.3. The van der Waals surface area contributed by atoms with Crippen LogP contribution in [0.3, 0.4) is 0 Å². The highest BCUT2D eigenvalue weighted by Crippen LogP contribution is 2.31. The van der Waals surface area contributed by atoms with Gasteiger partial charge in [-0.1, -0.05) is 12.2 Å². The van der Waals surface area contributed by atoms with E-state index >= 15 is 0 Å². The molecule has 1 heterocycles. The Morgan fingerprint density at radius 3 is 1.59 bits per heavy atom. The molecule has 0 aliphatic rings. The molecule has 0 atom stereocenters. The Hall–Kier alpha value is -3.23. The van der Waals surface area contributed by atoms with Crippen LogP contribution in [-0.2, 0) is 13.1 Å². The van der Waals surface area contributed by atoms with Gasteiger partial charge in [0.2, 0.25) is 0 Å². The van der Waals surface area contributed by atoms with Crippen LogP contribution in [-0.4, -0.2) is 19.0 Å². The Morgan fingerprint density at radius 2 is 1.32 bits per heavy atom. The number of hydrogen-bond acceptors (Lipinski definition) is 5. The predicted molar refractivity (Wildman–Crippen MR) is 79.9 cm³/mol. The third kappa shape index (κ3) is 2.28. The Kier molecular flexibility index (Phi) is 3.89.